The minimum absolute atomic E-state index is 0.00475. The summed E-state index contributed by atoms with van der Waals surface area (Å²) in [5.41, 5.74) is -0.259. The van der Waals surface area contributed by atoms with Crippen molar-refractivity contribution in [2.24, 2.45) is 0 Å². The Hall–Kier alpha value is -3.66. The molecule has 10 nitrogen and oxygen atoms in total. The van der Waals surface area contributed by atoms with Crippen LogP contribution in [0.15, 0.2) is 48.5 Å². The van der Waals surface area contributed by atoms with Crippen LogP contribution in [0, 0.1) is 10.1 Å². The number of amides is 2. The number of anilines is 1. The number of nitrogens with zero attached hydrogens (tertiary/aromatic N) is 1. The largest absolute Gasteiger partial charge is 0.484 e. The third-order valence-corrected chi connectivity index (χ3v) is 3.97. The van der Waals surface area contributed by atoms with Gasteiger partial charge in [-0.05, 0) is 25.1 Å². The maximum Gasteiger partial charge on any atom is 0.326 e. The number of carbonyl (C=O) groups excluding carboxylic acids is 3. The van der Waals surface area contributed by atoms with Crippen LogP contribution in [-0.2, 0) is 19.1 Å². The van der Waals surface area contributed by atoms with Crippen molar-refractivity contribution in [1.29, 1.82) is 0 Å². The summed E-state index contributed by atoms with van der Waals surface area (Å²) in [6, 6.07) is 12.2. The van der Waals surface area contributed by atoms with Gasteiger partial charge in [0.1, 0.15) is 12.3 Å². The van der Waals surface area contributed by atoms with Gasteiger partial charge in [0.2, 0.25) is 0 Å². The summed E-state index contributed by atoms with van der Waals surface area (Å²) in [7, 11) is 0. The van der Waals surface area contributed by atoms with Gasteiger partial charge in [0, 0.05) is 12.1 Å². The molecule has 2 aromatic rings. The zero-order valence-electron chi connectivity index (χ0n) is 15.8. The first kappa shape index (κ1) is 22.6. The van der Waals surface area contributed by atoms with E-state index < -0.39 is 35.4 Å². The quantitative estimate of drug-likeness (QED) is 0.350. The molecular formula is C19H18ClN3O7. The average Bonchev–Trinajstić information content (AvgIpc) is 2.72. The fourth-order valence-corrected chi connectivity index (χ4v) is 2.30. The Bertz CT molecular complexity index is 937. The van der Waals surface area contributed by atoms with Crippen LogP contribution in [-0.4, -0.2) is 42.0 Å². The van der Waals surface area contributed by atoms with Gasteiger partial charge in [0.25, 0.3) is 17.5 Å². The van der Waals surface area contributed by atoms with E-state index in [4.69, 9.17) is 21.1 Å². The molecule has 0 bridgehead atoms. The van der Waals surface area contributed by atoms with E-state index in [1.165, 1.54) is 19.1 Å². The molecule has 0 fully saturated rings. The first-order valence-electron chi connectivity index (χ1n) is 8.65. The molecule has 0 aliphatic heterocycles. The molecule has 0 aromatic heterocycles. The lowest BCUT2D eigenvalue weighted by atomic mass is 10.2. The van der Waals surface area contributed by atoms with Crippen LogP contribution in [0.5, 0.6) is 5.75 Å². The summed E-state index contributed by atoms with van der Waals surface area (Å²) < 4.78 is 10.2. The first-order chi connectivity index (χ1) is 14.3. The zero-order chi connectivity index (χ0) is 22.1. The molecule has 0 spiro atoms. The Balaban J connectivity index is 1.78. The standard InChI is InChI=1S/C19H18ClN3O7/c1-12(19(26)22-16-9-13(23(27)28)7-8-15(16)20)30-18(25)10-21-17(24)11-29-14-5-3-2-4-6-14/h2-9,12H,10-11H2,1H3,(H,21,24)(H,22,26). The van der Waals surface area contributed by atoms with Crippen molar-refractivity contribution < 1.29 is 28.8 Å². The predicted octanol–water partition coefficient (Wildman–Crippen LogP) is 2.31. The fraction of sp³-hybridized carbons (Fsp3) is 0.211. The summed E-state index contributed by atoms with van der Waals surface area (Å²) in [6.07, 6.45) is -1.23. The topological polar surface area (TPSA) is 137 Å². The van der Waals surface area contributed by atoms with Crippen molar-refractivity contribution in [3.63, 3.8) is 0 Å². The normalized spacial score (nSPS) is 11.1. The van der Waals surface area contributed by atoms with Gasteiger partial charge in [-0.1, -0.05) is 29.8 Å². The summed E-state index contributed by atoms with van der Waals surface area (Å²) in [5, 5.41) is 15.6. The number of hydrogen-bond donors (Lipinski definition) is 2. The number of benzene rings is 2. The number of nitrogens with one attached hydrogen (secondary N) is 2. The highest BCUT2D eigenvalue weighted by molar-refractivity contribution is 6.33. The lowest BCUT2D eigenvalue weighted by Crippen LogP contribution is -2.37. The SMILES string of the molecule is CC(OC(=O)CNC(=O)COc1ccccc1)C(=O)Nc1cc([N+](=O)[O-])ccc1Cl. The molecule has 0 radical (unpaired) electrons. The zero-order valence-corrected chi connectivity index (χ0v) is 16.5. The van der Waals surface area contributed by atoms with Gasteiger partial charge >= 0.3 is 5.97 Å². The first-order valence-corrected chi connectivity index (χ1v) is 9.03. The number of halogens is 1. The second kappa shape index (κ2) is 10.8. The highest BCUT2D eigenvalue weighted by atomic mass is 35.5. The van der Waals surface area contributed by atoms with Crippen LogP contribution >= 0.6 is 11.6 Å². The van der Waals surface area contributed by atoms with E-state index in [1.54, 1.807) is 30.3 Å². The van der Waals surface area contributed by atoms with Gasteiger partial charge in [-0.25, -0.2) is 0 Å². The number of nitro benzene ring substituents is 1. The summed E-state index contributed by atoms with van der Waals surface area (Å²) >= 11 is 5.91. The lowest BCUT2D eigenvalue weighted by molar-refractivity contribution is -0.384. The van der Waals surface area contributed by atoms with E-state index in [2.05, 4.69) is 10.6 Å². The van der Waals surface area contributed by atoms with Crippen LogP contribution in [0.3, 0.4) is 0 Å². The minimum Gasteiger partial charge on any atom is -0.484 e. The van der Waals surface area contributed by atoms with E-state index in [0.29, 0.717) is 5.75 Å². The van der Waals surface area contributed by atoms with E-state index >= 15 is 0 Å². The lowest BCUT2D eigenvalue weighted by Gasteiger charge is -2.14. The molecule has 158 valence electrons. The van der Waals surface area contributed by atoms with E-state index in [1.807, 2.05) is 0 Å². The number of hydrogen-bond acceptors (Lipinski definition) is 7. The highest BCUT2D eigenvalue weighted by Crippen LogP contribution is 2.26. The molecule has 0 aliphatic carbocycles. The second-order valence-corrected chi connectivity index (χ2v) is 6.33. The average molecular weight is 436 g/mol. The maximum absolute atomic E-state index is 12.2. The number of nitro groups is 1. The van der Waals surface area contributed by atoms with Crippen LogP contribution in [0.25, 0.3) is 0 Å². The molecule has 30 heavy (non-hydrogen) atoms. The summed E-state index contributed by atoms with van der Waals surface area (Å²) in [5.74, 6) is -1.64. The Labute approximate surface area is 176 Å². The van der Waals surface area contributed by atoms with Crippen LogP contribution < -0.4 is 15.4 Å². The van der Waals surface area contributed by atoms with Crippen LogP contribution in [0.1, 0.15) is 6.92 Å². The van der Waals surface area contributed by atoms with Crippen molar-refractivity contribution in [3.8, 4) is 5.75 Å². The molecule has 1 atom stereocenters. The van der Waals surface area contributed by atoms with Crippen molar-refractivity contribution in [2.45, 2.75) is 13.0 Å². The third kappa shape index (κ3) is 7.06. The number of ether oxygens (including phenoxy) is 2. The number of esters is 1. The molecule has 2 aromatic carbocycles. The van der Waals surface area contributed by atoms with E-state index in [9.17, 15) is 24.5 Å². The van der Waals surface area contributed by atoms with Crippen molar-refractivity contribution in [2.75, 3.05) is 18.5 Å². The highest BCUT2D eigenvalue weighted by Gasteiger charge is 2.20. The number of rotatable bonds is 9. The Morgan fingerprint density at radius 1 is 1.17 bits per heavy atom. The maximum atomic E-state index is 12.2. The van der Waals surface area contributed by atoms with Gasteiger partial charge in [-0.3, -0.25) is 24.5 Å². The smallest absolute Gasteiger partial charge is 0.326 e. The number of para-hydroxylation sites is 1. The molecule has 1 unspecified atom stereocenters. The molecular weight excluding hydrogens is 418 g/mol. The minimum atomic E-state index is -1.23. The van der Waals surface area contributed by atoms with Gasteiger partial charge < -0.3 is 20.1 Å². The Morgan fingerprint density at radius 3 is 2.53 bits per heavy atom. The molecule has 0 aliphatic rings. The molecule has 0 saturated carbocycles. The molecule has 11 heteroatoms. The van der Waals surface area contributed by atoms with Crippen molar-refractivity contribution in [1.82, 2.24) is 5.32 Å². The monoisotopic (exact) mass is 435 g/mol. The predicted molar refractivity (Wildman–Crippen MR) is 107 cm³/mol. The van der Waals surface area contributed by atoms with Gasteiger partial charge in [0.05, 0.1) is 15.6 Å². The third-order valence-electron chi connectivity index (χ3n) is 3.64. The summed E-state index contributed by atoms with van der Waals surface area (Å²) in [4.78, 5) is 45.9. The van der Waals surface area contributed by atoms with Crippen molar-refractivity contribution >= 4 is 40.8 Å². The van der Waals surface area contributed by atoms with Gasteiger partial charge in [0.15, 0.2) is 12.7 Å². The van der Waals surface area contributed by atoms with E-state index in [0.717, 1.165) is 6.07 Å². The van der Waals surface area contributed by atoms with Crippen molar-refractivity contribution in [3.05, 3.63) is 63.7 Å². The Morgan fingerprint density at radius 2 is 1.87 bits per heavy atom. The van der Waals surface area contributed by atoms with Crippen LogP contribution in [0.2, 0.25) is 5.02 Å². The van der Waals surface area contributed by atoms with Gasteiger partial charge in [-0.2, -0.15) is 0 Å². The summed E-state index contributed by atoms with van der Waals surface area (Å²) in [6.45, 7) is 0.545. The number of carbonyl (C=O) groups is 3. The van der Waals surface area contributed by atoms with Gasteiger partial charge in [-0.15, -0.1) is 0 Å². The molecule has 0 heterocycles. The number of non-ortho nitro benzene ring substituents is 1. The molecule has 2 rings (SSSR count). The van der Waals surface area contributed by atoms with Crippen LogP contribution in [0.4, 0.5) is 11.4 Å². The molecule has 2 amide bonds. The second-order valence-electron chi connectivity index (χ2n) is 5.92. The molecule has 2 N–H and O–H groups in total. The van der Waals surface area contributed by atoms with E-state index in [-0.39, 0.29) is 23.0 Å². The Kier molecular flexibility index (Phi) is 8.12. The fourth-order valence-electron chi connectivity index (χ4n) is 2.14. The molecule has 0 saturated heterocycles.